The molecule has 1 aliphatic carbocycles. The highest BCUT2D eigenvalue weighted by Crippen LogP contribution is 2.37. The van der Waals surface area contributed by atoms with Crippen LogP contribution in [0.2, 0.25) is 0 Å². The standard InChI is InChI=1S/C19H27NO4/c1-5-23-17(22)19(20-16(21)18(2,3)4)11-15(12-19)24-13-14-9-7-6-8-10-14/h6-10,15H,5,11-13H2,1-4H3,(H,20,21). The number of esters is 1. The van der Waals surface area contributed by atoms with Crippen LogP contribution < -0.4 is 5.32 Å². The third kappa shape index (κ3) is 4.35. The summed E-state index contributed by atoms with van der Waals surface area (Å²) in [6, 6.07) is 9.88. The van der Waals surface area contributed by atoms with Gasteiger partial charge in [0.2, 0.25) is 5.91 Å². The van der Waals surface area contributed by atoms with E-state index in [0.29, 0.717) is 26.1 Å². The number of carbonyl (C=O) groups is 2. The number of ether oxygens (including phenoxy) is 2. The van der Waals surface area contributed by atoms with Gasteiger partial charge in [-0.1, -0.05) is 51.1 Å². The Hall–Kier alpha value is -1.88. The number of rotatable bonds is 6. The largest absolute Gasteiger partial charge is 0.464 e. The monoisotopic (exact) mass is 333 g/mol. The highest BCUT2D eigenvalue weighted by atomic mass is 16.5. The van der Waals surface area contributed by atoms with E-state index in [9.17, 15) is 9.59 Å². The molecule has 1 fully saturated rings. The van der Waals surface area contributed by atoms with Gasteiger partial charge >= 0.3 is 5.97 Å². The highest BCUT2D eigenvalue weighted by Gasteiger charge is 2.54. The Kier molecular flexibility index (Phi) is 5.65. The van der Waals surface area contributed by atoms with Crippen LogP contribution in [0.1, 0.15) is 46.1 Å². The summed E-state index contributed by atoms with van der Waals surface area (Å²) in [6.45, 7) is 8.02. The van der Waals surface area contributed by atoms with E-state index in [4.69, 9.17) is 9.47 Å². The van der Waals surface area contributed by atoms with Crippen LogP contribution >= 0.6 is 0 Å². The minimum atomic E-state index is -0.957. The average molecular weight is 333 g/mol. The molecule has 1 aromatic rings. The SMILES string of the molecule is CCOC(=O)C1(NC(=O)C(C)(C)C)CC(OCc2ccccc2)C1. The van der Waals surface area contributed by atoms with Gasteiger partial charge in [-0.25, -0.2) is 4.79 Å². The first kappa shape index (κ1) is 18.5. The summed E-state index contributed by atoms with van der Waals surface area (Å²) in [7, 11) is 0. The number of carbonyl (C=O) groups excluding carboxylic acids is 2. The Morgan fingerprint density at radius 1 is 1.21 bits per heavy atom. The molecule has 2 rings (SSSR count). The lowest BCUT2D eigenvalue weighted by Gasteiger charge is -2.46. The summed E-state index contributed by atoms with van der Waals surface area (Å²) < 4.78 is 11.0. The Morgan fingerprint density at radius 2 is 1.83 bits per heavy atom. The van der Waals surface area contributed by atoms with Crippen molar-refractivity contribution in [2.24, 2.45) is 5.41 Å². The van der Waals surface area contributed by atoms with E-state index in [-0.39, 0.29) is 18.0 Å². The first-order valence-corrected chi connectivity index (χ1v) is 8.42. The molecule has 1 aromatic carbocycles. The van der Waals surface area contributed by atoms with Crippen LogP contribution in [0.3, 0.4) is 0 Å². The number of nitrogens with one attached hydrogen (secondary N) is 1. The molecule has 1 amide bonds. The van der Waals surface area contributed by atoms with Gasteiger partial charge in [-0.05, 0) is 12.5 Å². The van der Waals surface area contributed by atoms with Crippen molar-refractivity contribution in [1.82, 2.24) is 5.32 Å². The Labute approximate surface area is 143 Å². The molecule has 0 aliphatic heterocycles. The van der Waals surface area contributed by atoms with Crippen molar-refractivity contribution in [2.75, 3.05) is 6.61 Å². The fraction of sp³-hybridized carbons (Fsp3) is 0.579. The van der Waals surface area contributed by atoms with E-state index in [1.165, 1.54) is 0 Å². The topological polar surface area (TPSA) is 64.6 Å². The molecule has 1 aliphatic rings. The van der Waals surface area contributed by atoms with Crippen LogP contribution in [-0.4, -0.2) is 30.1 Å². The summed E-state index contributed by atoms with van der Waals surface area (Å²) >= 11 is 0. The van der Waals surface area contributed by atoms with Crippen molar-refractivity contribution in [3.05, 3.63) is 35.9 Å². The van der Waals surface area contributed by atoms with Gasteiger partial charge in [-0.2, -0.15) is 0 Å². The fourth-order valence-corrected chi connectivity index (χ4v) is 2.62. The van der Waals surface area contributed by atoms with Crippen LogP contribution in [0.25, 0.3) is 0 Å². The van der Waals surface area contributed by atoms with Crippen molar-refractivity contribution in [3.63, 3.8) is 0 Å². The molecule has 0 spiro atoms. The fourth-order valence-electron chi connectivity index (χ4n) is 2.62. The molecular formula is C19H27NO4. The number of benzene rings is 1. The lowest BCUT2D eigenvalue weighted by atomic mass is 9.73. The zero-order chi connectivity index (χ0) is 17.8. The van der Waals surface area contributed by atoms with Gasteiger partial charge in [0, 0.05) is 18.3 Å². The van der Waals surface area contributed by atoms with E-state index < -0.39 is 11.0 Å². The first-order chi connectivity index (χ1) is 11.3. The van der Waals surface area contributed by atoms with Crippen LogP contribution in [0.15, 0.2) is 30.3 Å². The second-order valence-corrected chi connectivity index (χ2v) is 7.33. The molecule has 5 nitrogen and oxygen atoms in total. The Morgan fingerprint density at radius 3 is 2.38 bits per heavy atom. The van der Waals surface area contributed by atoms with Crippen molar-refractivity contribution in [2.45, 2.75) is 58.8 Å². The maximum absolute atomic E-state index is 12.3. The van der Waals surface area contributed by atoms with Crippen molar-refractivity contribution < 1.29 is 19.1 Å². The van der Waals surface area contributed by atoms with Gasteiger partial charge in [0.1, 0.15) is 5.54 Å². The molecule has 0 unspecified atom stereocenters. The molecule has 0 aromatic heterocycles. The van der Waals surface area contributed by atoms with Gasteiger partial charge in [0.15, 0.2) is 0 Å². The predicted octanol–water partition coefficient (Wildman–Crippen LogP) is 2.83. The zero-order valence-corrected chi connectivity index (χ0v) is 14.9. The molecule has 0 atom stereocenters. The Bertz CT molecular complexity index is 571. The summed E-state index contributed by atoms with van der Waals surface area (Å²) in [5.74, 6) is -0.528. The summed E-state index contributed by atoms with van der Waals surface area (Å²) in [5, 5.41) is 2.89. The number of hydrogen-bond acceptors (Lipinski definition) is 4. The molecule has 24 heavy (non-hydrogen) atoms. The Balaban J connectivity index is 1.96. The van der Waals surface area contributed by atoms with Crippen molar-refractivity contribution in [3.8, 4) is 0 Å². The van der Waals surface area contributed by atoms with Crippen LogP contribution in [0.4, 0.5) is 0 Å². The second-order valence-electron chi connectivity index (χ2n) is 7.33. The smallest absolute Gasteiger partial charge is 0.332 e. The van der Waals surface area contributed by atoms with Gasteiger partial charge in [-0.15, -0.1) is 0 Å². The third-order valence-electron chi connectivity index (χ3n) is 4.18. The molecule has 0 radical (unpaired) electrons. The number of hydrogen-bond donors (Lipinski definition) is 1. The maximum atomic E-state index is 12.3. The minimum Gasteiger partial charge on any atom is -0.464 e. The lowest BCUT2D eigenvalue weighted by Crippen LogP contribution is -2.66. The van der Waals surface area contributed by atoms with E-state index in [2.05, 4.69) is 5.32 Å². The van der Waals surface area contributed by atoms with Crippen molar-refractivity contribution >= 4 is 11.9 Å². The molecule has 1 saturated carbocycles. The van der Waals surface area contributed by atoms with Crippen LogP contribution in [0, 0.1) is 5.41 Å². The molecule has 132 valence electrons. The van der Waals surface area contributed by atoms with E-state index in [1.54, 1.807) is 6.92 Å². The molecule has 5 heteroatoms. The normalized spacial score (nSPS) is 23.2. The number of amides is 1. The molecule has 0 heterocycles. The highest BCUT2D eigenvalue weighted by molar-refractivity contribution is 5.91. The van der Waals surface area contributed by atoms with E-state index in [1.807, 2.05) is 51.1 Å². The van der Waals surface area contributed by atoms with Gasteiger partial charge in [-0.3, -0.25) is 4.79 Å². The lowest BCUT2D eigenvalue weighted by molar-refractivity contribution is -0.168. The third-order valence-corrected chi connectivity index (χ3v) is 4.18. The average Bonchev–Trinajstić information content (AvgIpc) is 2.49. The van der Waals surface area contributed by atoms with Crippen LogP contribution in [0.5, 0.6) is 0 Å². The molecule has 1 N–H and O–H groups in total. The van der Waals surface area contributed by atoms with E-state index >= 15 is 0 Å². The second kappa shape index (κ2) is 7.34. The molecular weight excluding hydrogens is 306 g/mol. The quantitative estimate of drug-likeness (QED) is 0.813. The summed E-state index contributed by atoms with van der Waals surface area (Å²) in [5.41, 5.74) is -0.429. The van der Waals surface area contributed by atoms with Gasteiger partial charge in [0.25, 0.3) is 0 Å². The predicted molar refractivity (Wildman–Crippen MR) is 91.2 cm³/mol. The van der Waals surface area contributed by atoms with Crippen molar-refractivity contribution in [1.29, 1.82) is 0 Å². The minimum absolute atomic E-state index is 0.0603. The molecule has 0 bridgehead atoms. The van der Waals surface area contributed by atoms with E-state index in [0.717, 1.165) is 5.56 Å². The van der Waals surface area contributed by atoms with Gasteiger partial charge in [0.05, 0.1) is 19.3 Å². The molecule has 0 saturated heterocycles. The summed E-state index contributed by atoms with van der Waals surface area (Å²) in [4.78, 5) is 24.6. The van der Waals surface area contributed by atoms with Gasteiger partial charge < -0.3 is 14.8 Å². The van der Waals surface area contributed by atoms with Crippen LogP contribution in [-0.2, 0) is 25.7 Å². The summed E-state index contributed by atoms with van der Waals surface area (Å²) in [6.07, 6.45) is 0.830. The maximum Gasteiger partial charge on any atom is 0.332 e. The zero-order valence-electron chi connectivity index (χ0n) is 14.9. The first-order valence-electron chi connectivity index (χ1n) is 8.42.